The lowest BCUT2D eigenvalue weighted by Crippen LogP contribution is -2.46. The number of nitrogens with zero attached hydrogens (tertiary/aromatic N) is 2. The summed E-state index contributed by atoms with van der Waals surface area (Å²) >= 11 is 3.21. The topological polar surface area (TPSA) is 75.5 Å². The van der Waals surface area contributed by atoms with Crippen molar-refractivity contribution >= 4 is 39.9 Å². The summed E-state index contributed by atoms with van der Waals surface area (Å²) in [6.45, 7) is 1.33. The van der Waals surface area contributed by atoms with Gasteiger partial charge < -0.3 is 10.2 Å². The summed E-state index contributed by atoms with van der Waals surface area (Å²) in [6, 6.07) is 4.63. The molecular weight excluding hydrogens is 362 g/mol. The minimum Gasteiger partial charge on any atom is -0.337 e. The molecule has 1 saturated heterocycles. The number of non-ortho nitro benzene ring substituents is 1. The van der Waals surface area contributed by atoms with Gasteiger partial charge in [-0.2, -0.15) is 0 Å². The largest absolute Gasteiger partial charge is 0.337 e. The van der Waals surface area contributed by atoms with Crippen molar-refractivity contribution in [3.05, 3.63) is 38.3 Å². The summed E-state index contributed by atoms with van der Waals surface area (Å²) in [6.07, 6.45) is 1.98. The van der Waals surface area contributed by atoms with Gasteiger partial charge in [0.2, 0.25) is 0 Å². The fourth-order valence-electron chi connectivity index (χ4n) is 2.38. The molecule has 6 nitrogen and oxygen atoms in total. The van der Waals surface area contributed by atoms with E-state index in [0.29, 0.717) is 23.1 Å². The first-order valence-electron chi connectivity index (χ1n) is 6.43. The number of rotatable bonds is 3. The van der Waals surface area contributed by atoms with Crippen molar-refractivity contribution in [1.82, 2.24) is 10.2 Å². The lowest BCUT2D eigenvalue weighted by Gasteiger charge is -2.32. The summed E-state index contributed by atoms with van der Waals surface area (Å²) < 4.78 is 0.539. The fourth-order valence-corrected chi connectivity index (χ4v) is 2.86. The lowest BCUT2D eigenvalue weighted by atomic mass is 10.0. The fraction of sp³-hybridized carbons (Fsp3) is 0.462. The summed E-state index contributed by atoms with van der Waals surface area (Å²) in [5.74, 6) is -0.158. The number of likely N-dealkylation sites (N-methyl/N-ethyl adjacent to an activating group) is 1. The van der Waals surface area contributed by atoms with Gasteiger partial charge in [0.25, 0.3) is 11.6 Å². The maximum atomic E-state index is 12.4. The molecule has 0 spiro atoms. The van der Waals surface area contributed by atoms with Gasteiger partial charge in [0.15, 0.2) is 0 Å². The van der Waals surface area contributed by atoms with Crippen LogP contribution >= 0.6 is 28.3 Å². The van der Waals surface area contributed by atoms with Crippen LogP contribution in [0.3, 0.4) is 0 Å². The van der Waals surface area contributed by atoms with Crippen LogP contribution in [0.25, 0.3) is 0 Å². The number of halogens is 2. The molecule has 0 bridgehead atoms. The molecule has 0 saturated carbocycles. The first-order chi connectivity index (χ1) is 9.51. The highest BCUT2D eigenvalue weighted by atomic mass is 79.9. The van der Waals surface area contributed by atoms with E-state index in [4.69, 9.17) is 0 Å². The Balaban J connectivity index is 0.00000220. The highest BCUT2D eigenvalue weighted by Crippen LogP contribution is 2.23. The van der Waals surface area contributed by atoms with E-state index in [2.05, 4.69) is 21.2 Å². The van der Waals surface area contributed by atoms with E-state index in [9.17, 15) is 14.9 Å². The van der Waals surface area contributed by atoms with Gasteiger partial charge in [0.1, 0.15) is 0 Å². The van der Waals surface area contributed by atoms with Gasteiger partial charge in [-0.1, -0.05) is 15.9 Å². The molecule has 1 N–H and O–H groups in total. The van der Waals surface area contributed by atoms with E-state index in [1.54, 1.807) is 11.0 Å². The molecule has 2 rings (SSSR count). The molecule has 0 aliphatic carbocycles. The highest BCUT2D eigenvalue weighted by Gasteiger charge is 2.24. The molecule has 1 aromatic carbocycles. The molecule has 1 heterocycles. The van der Waals surface area contributed by atoms with Crippen LogP contribution in [-0.2, 0) is 0 Å². The standard InChI is InChI=1S/C13H16BrN3O3.ClH/c1-15-11-3-2-4-16(8-11)13(18)9-5-10(14)7-12(6-9)17(19)20;/h5-7,11,15H,2-4,8H2,1H3;1H. The molecule has 1 amide bonds. The van der Waals surface area contributed by atoms with Crippen molar-refractivity contribution in [3.63, 3.8) is 0 Å². The normalized spacial score (nSPS) is 18.0. The maximum Gasteiger partial charge on any atom is 0.271 e. The number of likely N-dealkylation sites (tertiary alicyclic amines) is 1. The van der Waals surface area contributed by atoms with Crippen molar-refractivity contribution in [3.8, 4) is 0 Å². The Kier molecular flexibility index (Phi) is 6.57. The van der Waals surface area contributed by atoms with Gasteiger partial charge in [-0.05, 0) is 26.0 Å². The number of nitrogens with one attached hydrogen (secondary N) is 1. The summed E-state index contributed by atoms with van der Waals surface area (Å²) in [7, 11) is 1.88. The van der Waals surface area contributed by atoms with Crippen molar-refractivity contribution in [2.75, 3.05) is 20.1 Å². The molecule has 1 aliphatic rings. The summed E-state index contributed by atoms with van der Waals surface area (Å²) in [5, 5.41) is 14.0. The van der Waals surface area contributed by atoms with Crippen molar-refractivity contribution in [1.29, 1.82) is 0 Å². The number of hydrogen-bond donors (Lipinski definition) is 1. The zero-order chi connectivity index (χ0) is 14.7. The maximum absolute atomic E-state index is 12.4. The van der Waals surface area contributed by atoms with E-state index >= 15 is 0 Å². The Bertz CT molecular complexity index is 541. The number of amides is 1. The molecule has 21 heavy (non-hydrogen) atoms. The number of hydrogen-bond acceptors (Lipinski definition) is 4. The predicted molar refractivity (Wildman–Crippen MR) is 86.0 cm³/mol. The van der Waals surface area contributed by atoms with Gasteiger partial charge in [-0.15, -0.1) is 12.4 Å². The second-order valence-corrected chi connectivity index (χ2v) is 5.75. The van der Waals surface area contributed by atoms with Crippen LogP contribution in [0.1, 0.15) is 23.2 Å². The van der Waals surface area contributed by atoms with Crippen molar-refractivity contribution in [2.24, 2.45) is 0 Å². The molecule has 1 aromatic rings. The van der Waals surface area contributed by atoms with E-state index in [-0.39, 0.29) is 30.0 Å². The minimum atomic E-state index is -0.492. The Labute approximate surface area is 137 Å². The minimum absolute atomic E-state index is 0. The highest BCUT2D eigenvalue weighted by molar-refractivity contribution is 9.10. The van der Waals surface area contributed by atoms with Gasteiger partial charge in [-0.25, -0.2) is 0 Å². The Morgan fingerprint density at radius 3 is 2.81 bits per heavy atom. The van der Waals surface area contributed by atoms with Crippen molar-refractivity contribution in [2.45, 2.75) is 18.9 Å². The molecule has 1 fully saturated rings. The van der Waals surface area contributed by atoms with Gasteiger partial charge in [0, 0.05) is 41.3 Å². The Hall–Kier alpha value is -1.18. The molecule has 0 aromatic heterocycles. The third kappa shape index (κ3) is 4.39. The first kappa shape index (κ1) is 17.9. The third-order valence-corrected chi connectivity index (χ3v) is 3.92. The smallest absolute Gasteiger partial charge is 0.271 e. The summed E-state index contributed by atoms with van der Waals surface area (Å²) in [4.78, 5) is 24.5. The molecule has 0 radical (unpaired) electrons. The molecule has 8 heteroatoms. The van der Waals surface area contributed by atoms with Gasteiger partial charge in [-0.3, -0.25) is 14.9 Å². The number of nitro groups is 1. The average molecular weight is 379 g/mol. The number of piperidine rings is 1. The third-order valence-electron chi connectivity index (χ3n) is 3.46. The number of carbonyl (C=O) groups is 1. The van der Waals surface area contributed by atoms with Crippen LogP contribution in [0.4, 0.5) is 5.69 Å². The first-order valence-corrected chi connectivity index (χ1v) is 7.22. The molecule has 116 valence electrons. The van der Waals surface area contributed by atoms with Gasteiger partial charge in [0.05, 0.1) is 4.92 Å². The molecule has 1 atom stereocenters. The second-order valence-electron chi connectivity index (χ2n) is 4.83. The number of nitro benzene ring substituents is 1. The van der Waals surface area contributed by atoms with E-state index in [1.165, 1.54) is 12.1 Å². The number of benzene rings is 1. The van der Waals surface area contributed by atoms with E-state index in [1.807, 2.05) is 7.05 Å². The molecule has 1 unspecified atom stereocenters. The summed E-state index contributed by atoms with van der Waals surface area (Å²) in [5.41, 5.74) is 0.271. The van der Waals surface area contributed by atoms with Gasteiger partial charge >= 0.3 is 0 Å². The monoisotopic (exact) mass is 377 g/mol. The molecule has 1 aliphatic heterocycles. The van der Waals surface area contributed by atoms with Crippen LogP contribution in [0.5, 0.6) is 0 Å². The van der Waals surface area contributed by atoms with Crippen LogP contribution in [0.15, 0.2) is 22.7 Å². The Morgan fingerprint density at radius 1 is 1.48 bits per heavy atom. The van der Waals surface area contributed by atoms with Crippen LogP contribution in [0.2, 0.25) is 0 Å². The van der Waals surface area contributed by atoms with Crippen LogP contribution in [-0.4, -0.2) is 41.9 Å². The zero-order valence-corrected chi connectivity index (χ0v) is 13.9. The van der Waals surface area contributed by atoms with E-state index in [0.717, 1.165) is 12.8 Å². The second kappa shape index (κ2) is 7.72. The SMILES string of the molecule is CNC1CCCN(C(=O)c2cc(Br)cc([N+](=O)[O-])c2)C1.Cl. The zero-order valence-electron chi connectivity index (χ0n) is 11.5. The predicted octanol–water partition coefficient (Wildman–Crippen LogP) is 2.60. The Morgan fingerprint density at radius 2 is 2.19 bits per heavy atom. The molecular formula is C13H17BrClN3O3. The lowest BCUT2D eigenvalue weighted by molar-refractivity contribution is -0.385. The average Bonchev–Trinajstić information content (AvgIpc) is 2.45. The van der Waals surface area contributed by atoms with Crippen LogP contribution in [0, 0.1) is 10.1 Å². The van der Waals surface area contributed by atoms with E-state index < -0.39 is 4.92 Å². The van der Waals surface area contributed by atoms with Crippen LogP contribution < -0.4 is 5.32 Å². The number of carbonyl (C=O) groups excluding carboxylic acids is 1. The quantitative estimate of drug-likeness (QED) is 0.648. The van der Waals surface area contributed by atoms with Crippen molar-refractivity contribution < 1.29 is 9.72 Å².